The van der Waals surface area contributed by atoms with Crippen LogP contribution in [0.2, 0.25) is 0 Å². The number of pyridine rings is 1. The number of hydrogen-bond donors (Lipinski definition) is 1. The molecule has 1 saturated heterocycles. The lowest BCUT2D eigenvalue weighted by Gasteiger charge is -2.28. The summed E-state index contributed by atoms with van der Waals surface area (Å²) in [5, 5.41) is 1.26. The summed E-state index contributed by atoms with van der Waals surface area (Å²) in [5.41, 5.74) is 3.49. The smallest absolute Gasteiger partial charge is 0.116 e. The van der Waals surface area contributed by atoms with E-state index in [1.807, 2.05) is 12.3 Å². The number of anilines is 1. The van der Waals surface area contributed by atoms with Gasteiger partial charge in [-0.15, -0.1) is 0 Å². The highest BCUT2D eigenvalue weighted by Crippen LogP contribution is 2.37. The summed E-state index contributed by atoms with van der Waals surface area (Å²) in [5.74, 6) is 1.23. The van der Waals surface area contributed by atoms with Crippen LogP contribution in [0.5, 0.6) is 0 Å². The van der Waals surface area contributed by atoms with Gasteiger partial charge < -0.3 is 9.88 Å². The van der Waals surface area contributed by atoms with E-state index < -0.39 is 0 Å². The van der Waals surface area contributed by atoms with Gasteiger partial charge in [-0.25, -0.2) is 0 Å². The minimum Gasteiger partial charge on any atom is -0.358 e. The second-order valence-electron chi connectivity index (χ2n) is 5.66. The second kappa shape index (κ2) is 5.24. The molecule has 1 aliphatic rings. The van der Waals surface area contributed by atoms with Gasteiger partial charge in [0.15, 0.2) is 0 Å². The first-order valence-electron chi connectivity index (χ1n) is 7.70. The minimum atomic E-state index is 1.05. The molecule has 0 unspecified atom stereocenters. The normalized spacial score (nSPS) is 15.5. The summed E-state index contributed by atoms with van der Waals surface area (Å²) in [4.78, 5) is 10.7. The number of nitrogens with zero attached hydrogens (tertiary/aromatic N) is 2. The third-order valence-corrected chi connectivity index (χ3v) is 4.28. The fourth-order valence-electron chi connectivity index (χ4n) is 3.25. The van der Waals surface area contributed by atoms with Crippen molar-refractivity contribution in [2.75, 3.05) is 18.0 Å². The van der Waals surface area contributed by atoms with Gasteiger partial charge in [0.25, 0.3) is 0 Å². The second-order valence-corrected chi connectivity index (χ2v) is 5.66. The molecule has 0 saturated carbocycles. The Labute approximate surface area is 124 Å². The van der Waals surface area contributed by atoms with Gasteiger partial charge in [0.1, 0.15) is 5.82 Å². The maximum atomic E-state index is 4.58. The van der Waals surface area contributed by atoms with Gasteiger partial charge in [0.2, 0.25) is 0 Å². The lowest BCUT2D eigenvalue weighted by atomic mass is 10.1. The number of H-pyrrole nitrogens is 1. The van der Waals surface area contributed by atoms with Crippen LogP contribution in [0.15, 0.2) is 48.7 Å². The van der Waals surface area contributed by atoms with E-state index in [1.54, 1.807) is 0 Å². The number of aromatic nitrogens is 2. The van der Waals surface area contributed by atoms with Gasteiger partial charge >= 0.3 is 0 Å². The highest BCUT2D eigenvalue weighted by Gasteiger charge is 2.20. The largest absolute Gasteiger partial charge is 0.358 e. The zero-order valence-corrected chi connectivity index (χ0v) is 12.0. The van der Waals surface area contributed by atoms with Crippen LogP contribution in [0, 0.1) is 0 Å². The van der Waals surface area contributed by atoms with Crippen LogP contribution < -0.4 is 4.90 Å². The van der Waals surface area contributed by atoms with Crippen molar-refractivity contribution >= 4 is 16.7 Å². The number of hydrogen-bond acceptors (Lipinski definition) is 2. The summed E-state index contributed by atoms with van der Waals surface area (Å²) in [6, 6.07) is 14.6. The van der Waals surface area contributed by atoms with E-state index in [4.69, 9.17) is 0 Å². The molecule has 4 rings (SSSR count). The standard InChI is InChI=1S/C18H19N3/c1-6-12-21(13-7-1)18-17(16-10-4-5-11-19-16)14-8-2-3-9-15(14)20-18/h2-5,8-11,20H,1,6-7,12-13H2. The highest BCUT2D eigenvalue weighted by atomic mass is 15.2. The fraction of sp³-hybridized carbons (Fsp3) is 0.278. The van der Waals surface area contributed by atoms with Crippen molar-refractivity contribution in [3.8, 4) is 11.3 Å². The first-order valence-corrected chi connectivity index (χ1v) is 7.70. The quantitative estimate of drug-likeness (QED) is 0.760. The maximum absolute atomic E-state index is 4.58. The molecule has 3 heteroatoms. The molecular weight excluding hydrogens is 258 g/mol. The van der Waals surface area contributed by atoms with Crippen LogP contribution in [-0.4, -0.2) is 23.1 Å². The summed E-state index contributed by atoms with van der Waals surface area (Å²) in [6.07, 6.45) is 5.76. The molecule has 0 spiro atoms. The summed E-state index contributed by atoms with van der Waals surface area (Å²) in [7, 11) is 0. The lowest BCUT2D eigenvalue weighted by Crippen LogP contribution is -2.30. The van der Waals surface area contributed by atoms with Crippen LogP contribution in [0.3, 0.4) is 0 Å². The van der Waals surface area contributed by atoms with Gasteiger partial charge in [-0.05, 0) is 37.5 Å². The SMILES string of the molecule is c1ccc(-c2c(N3CCCCC3)[nH]c3ccccc23)nc1. The van der Waals surface area contributed by atoms with Gasteiger partial charge in [0.05, 0.1) is 11.3 Å². The van der Waals surface area contributed by atoms with E-state index >= 15 is 0 Å². The molecule has 0 atom stereocenters. The summed E-state index contributed by atoms with van der Waals surface area (Å²) >= 11 is 0. The Morgan fingerprint density at radius 3 is 2.52 bits per heavy atom. The first-order chi connectivity index (χ1) is 10.4. The van der Waals surface area contributed by atoms with Gasteiger partial charge in [-0.2, -0.15) is 0 Å². The molecule has 0 aliphatic carbocycles. The van der Waals surface area contributed by atoms with E-state index in [2.05, 4.69) is 51.3 Å². The molecule has 106 valence electrons. The van der Waals surface area contributed by atoms with Crippen molar-refractivity contribution in [1.29, 1.82) is 0 Å². The molecule has 0 radical (unpaired) electrons. The third-order valence-electron chi connectivity index (χ3n) is 4.28. The minimum absolute atomic E-state index is 1.05. The molecule has 1 aliphatic heterocycles. The van der Waals surface area contributed by atoms with E-state index in [-0.39, 0.29) is 0 Å². The van der Waals surface area contributed by atoms with E-state index in [0.29, 0.717) is 0 Å². The molecule has 1 aromatic carbocycles. The summed E-state index contributed by atoms with van der Waals surface area (Å²) < 4.78 is 0. The van der Waals surface area contributed by atoms with Crippen LogP contribution in [0.4, 0.5) is 5.82 Å². The predicted octanol–water partition coefficient (Wildman–Crippen LogP) is 4.22. The van der Waals surface area contributed by atoms with Gasteiger partial charge in [-0.3, -0.25) is 4.98 Å². The van der Waals surface area contributed by atoms with E-state index in [1.165, 1.54) is 41.5 Å². The monoisotopic (exact) mass is 277 g/mol. The molecule has 3 nitrogen and oxygen atoms in total. The Hall–Kier alpha value is -2.29. The van der Waals surface area contributed by atoms with Crippen molar-refractivity contribution in [3.63, 3.8) is 0 Å². The van der Waals surface area contributed by atoms with Crippen molar-refractivity contribution in [2.24, 2.45) is 0 Å². The summed E-state index contributed by atoms with van der Waals surface area (Å²) in [6.45, 7) is 2.26. The highest BCUT2D eigenvalue weighted by molar-refractivity contribution is 6.01. The number of aromatic amines is 1. The van der Waals surface area contributed by atoms with E-state index in [9.17, 15) is 0 Å². The van der Waals surface area contributed by atoms with E-state index in [0.717, 1.165) is 18.8 Å². The number of piperidine rings is 1. The van der Waals surface area contributed by atoms with Crippen LogP contribution in [0.1, 0.15) is 19.3 Å². The molecule has 3 heterocycles. The average molecular weight is 277 g/mol. The number of para-hydroxylation sites is 1. The zero-order valence-electron chi connectivity index (χ0n) is 12.0. The number of fused-ring (bicyclic) bond motifs is 1. The molecule has 3 aromatic rings. The molecule has 21 heavy (non-hydrogen) atoms. The molecule has 1 fully saturated rings. The van der Waals surface area contributed by atoms with Crippen LogP contribution >= 0.6 is 0 Å². The predicted molar refractivity (Wildman–Crippen MR) is 87.6 cm³/mol. The Morgan fingerprint density at radius 1 is 0.905 bits per heavy atom. The van der Waals surface area contributed by atoms with Crippen LogP contribution in [-0.2, 0) is 0 Å². The van der Waals surface area contributed by atoms with Crippen molar-refractivity contribution in [3.05, 3.63) is 48.7 Å². The fourth-order valence-corrected chi connectivity index (χ4v) is 3.25. The Balaban J connectivity index is 1.92. The van der Waals surface area contributed by atoms with Crippen molar-refractivity contribution in [1.82, 2.24) is 9.97 Å². The zero-order chi connectivity index (χ0) is 14.1. The topological polar surface area (TPSA) is 31.9 Å². The third kappa shape index (κ3) is 2.19. The number of rotatable bonds is 2. The average Bonchev–Trinajstić information content (AvgIpc) is 2.96. The maximum Gasteiger partial charge on any atom is 0.116 e. The lowest BCUT2D eigenvalue weighted by molar-refractivity contribution is 0.575. The van der Waals surface area contributed by atoms with Crippen molar-refractivity contribution in [2.45, 2.75) is 19.3 Å². The van der Waals surface area contributed by atoms with Crippen molar-refractivity contribution < 1.29 is 0 Å². The molecular formula is C18H19N3. The molecule has 2 aromatic heterocycles. The molecule has 0 amide bonds. The molecule has 1 N–H and O–H groups in total. The number of benzene rings is 1. The number of nitrogens with one attached hydrogen (secondary N) is 1. The van der Waals surface area contributed by atoms with Crippen LogP contribution in [0.25, 0.3) is 22.2 Å². The molecule has 0 bridgehead atoms. The van der Waals surface area contributed by atoms with Gasteiger partial charge in [-0.1, -0.05) is 24.3 Å². The van der Waals surface area contributed by atoms with Gasteiger partial charge in [0, 0.05) is 30.2 Å². The first kappa shape index (κ1) is 12.5. The Morgan fingerprint density at radius 2 is 1.71 bits per heavy atom. The Kier molecular flexibility index (Phi) is 3.11. The Bertz CT molecular complexity index is 740.